The average molecular weight is 628 g/mol. The minimum atomic E-state index is -5.46. The van der Waals surface area contributed by atoms with Gasteiger partial charge in [0.2, 0.25) is 0 Å². The van der Waals surface area contributed by atoms with E-state index in [4.69, 9.17) is 4.74 Å². The minimum absolute atomic E-state index is 0.0823. The summed E-state index contributed by atoms with van der Waals surface area (Å²) in [7, 11) is 0. The second kappa shape index (κ2) is 11.6. The van der Waals surface area contributed by atoms with Crippen LogP contribution in [0, 0.1) is 41.0 Å². The van der Waals surface area contributed by atoms with Gasteiger partial charge in [0.25, 0.3) is 0 Å². The van der Waals surface area contributed by atoms with E-state index in [1.54, 1.807) is 6.07 Å². The lowest BCUT2D eigenvalue weighted by atomic mass is 9.95. The molecule has 2 atom stereocenters. The second-order valence-electron chi connectivity index (χ2n) is 9.58. The van der Waals surface area contributed by atoms with Crippen molar-refractivity contribution in [3.05, 3.63) is 106 Å². The van der Waals surface area contributed by atoms with Crippen molar-refractivity contribution in [2.75, 3.05) is 6.61 Å². The highest BCUT2D eigenvalue weighted by molar-refractivity contribution is 7.19. The fraction of sp³-hybridized carbons (Fsp3) is 0.233. The molecule has 43 heavy (non-hydrogen) atoms. The lowest BCUT2D eigenvalue weighted by Gasteiger charge is -2.27. The Morgan fingerprint density at radius 2 is 1.53 bits per heavy atom. The number of benzene rings is 3. The molecule has 0 radical (unpaired) electrons. The summed E-state index contributed by atoms with van der Waals surface area (Å²) in [6.07, 6.45) is -6.77. The van der Waals surface area contributed by atoms with Crippen LogP contribution in [0.1, 0.15) is 46.2 Å². The Morgan fingerprint density at radius 3 is 2.12 bits per heavy atom. The predicted octanol–water partition coefficient (Wildman–Crippen LogP) is 9.05. The van der Waals surface area contributed by atoms with Crippen LogP contribution in [0.3, 0.4) is 0 Å². The number of alkyl halides is 5. The van der Waals surface area contributed by atoms with Crippen LogP contribution < -0.4 is 4.74 Å². The fourth-order valence-electron chi connectivity index (χ4n) is 4.54. The Kier molecular flexibility index (Phi) is 8.20. The predicted molar refractivity (Wildman–Crippen MR) is 139 cm³/mol. The molecule has 13 heteroatoms. The van der Waals surface area contributed by atoms with E-state index in [1.807, 2.05) is 18.2 Å². The van der Waals surface area contributed by atoms with Crippen LogP contribution in [0.5, 0.6) is 5.75 Å². The van der Waals surface area contributed by atoms with Crippen molar-refractivity contribution in [3.8, 4) is 17.6 Å². The zero-order valence-electron chi connectivity index (χ0n) is 21.7. The van der Waals surface area contributed by atoms with Crippen LogP contribution in [0.25, 0.3) is 10.2 Å². The maximum Gasteiger partial charge on any atom is 0.432 e. The third-order valence-electron chi connectivity index (χ3n) is 6.62. The van der Waals surface area contributed by atoms with Crippen LogP contribution >= 0.6 is 11.3 Å². The molecular weight excluding hydrogens is 609 g/mol. The Bertz CT molecular complexity index is 1720. The maximum absolute atomic E-state index is 14.7. The molecule has 1 aliphatic heterocycles. The summed E-state index contributed by atoms with van der Waals surface area (Å²) in [5, 5.41) is 0.286. The van der Waals surface area contributed by atoms with Gasteiger partial charge in [0.15, 0.2) is 5.01 Å². The molecule has 0 aliphatic carbocycles. The van der Waals surface area contributed by atoms with Crippen LogP contribution in [0.4, 0.5) is 39.5 Å². The van der Waals surface area contributed by atoms with E-state index in [1.165, 1.54) is 11.3 Å². The highest BCUT2D eigenvalue weighted by Crippen LogP contribution is 2.39. The Labute approximate surface area is 242 Å². The van der Waals surface area contributed by atoms with Crippen molar-refractivity contribution in [1.29, 1.82) is 0 Å². The van der Waals surface area contributed by atoms with Crippen molar-refractivity contribution in [2.45, 2.75) is 31.2 Å². The number of ether oxygens (including phenoxy) is 2. The summed E-state index contributed by atoms with van der Waals surface area (Å²) in [6.45, 7) is 4.36. The first-order valence-electron chi connectivity index (χ1n) is 12.5. The van der Waals surface area contributed by atoms with Crippen LogP contribution in [0.2, 0.25) is 0 Å². The second-order valence-corrected chi connectivity index (χ2v) is 10.6. The third-order valence-corrected chi connectivity index (χ3v) is 7.55. The van der Waals surface area contributed by atoms with Gasteiger partial charge >= 0.3 is 12.3 Å². The minimum Gasteiger partial charge on any atom is -0.429 e. The number of thiazole rings is 1. The number of nitrogens with zero attached hydrogens (tertiary/aromatic N) is 1. The number of hydrogen-bond donors (Lipinski definition) is 0. The molecule has 2 unspecified atom stereocenters. The Balaban J connectivity index is 1.35. The molecule has 4 aromatic rings. The molecule has 0 spiro atoms. The number of halogens is 9. The summed E-state index contributed by atoms with van der Waals surface area (Å²) < 4.78 is 135. The quantitative estimate of drug-likeness (QED) is 0.126. The number of fused-ring (bicyclic) bond motifs is 1. The zero-order chi connectivity index (χ0) is 31.1. The smallest absolute Gasteiger partial charge is 0.429 e. The molecule has 1 fully saturated rings. The molecule has 0 amide bonds. The molecule has 2 heterocycles. The van der Waals surface area contributed by atoms with Crippen molar-refractivity contribution in [2.24, 2.45) is 5.92 Å². The van der Waals surface area contributed by atoms with Crippen molar-refractivity contribution >= 4 is 21.6 Å². The molecule has 0 saturated carbocycles. The zero-order valence-corrected chi connectivity index (χ0v) is 22.5. The van der Waals surface area contributed by atoms with Gasteiger partial charge < -0.3 is 9.47 Å². The summed E-state index contributed by atoms with van der Waals surface area (Å²) in [5.74, 6) is -4.17. The molecule has 5 rings (SSSR count). The van der Waals surface area contributed by atoms with Crippen LogP contribution in [0.15, 0.2) is 55.1 Å². The number of hydrogen-bond acceptors (Lipinski definition) is 4. The van der Waals surface area contributed by atoms with E-state index < -0.39 is 52.4 Å². The lowest BCUT2D eigenvalue weighted by Crippen LogP contribution is -2.25. The summed E-state index contributed by atoms with van der Waals surface area (Å²) in [6, 6.07) is 6.23. The number of rotatable bonds is 5. The lowest BCUT2D eigenvalue weighted by molar-refractivity contribution is -0.189. The van der Waals surface area contributed by atoms with Crippen molar-refractivity contribution in [3.63, 3.8) is 0 Å². The molecule has 1 saturated heterocycles. The Hall–Kier alpha value is -4.02. The molecule has 0 bridgehead atoms. The van der Waals surface area contributed by atoms with Gasteiger partial charge in [0, 0.05) is 23.6 Å². The van der Waals surface area contributed by atoms with Gasteiger partial charge in [-0.25, -0.2) is 22.5 Å². The van der Waals surface area contributed by atoms with E-state index in [0.29, 0.717) is 30.2 Å². The number of aromatic nitrogens is 1. The van der Waals surface area contributed by atoms with Gasteiger partial charge in [-0.3, -0.25) is 0 Å². The van der Waals surface area contributed by atoms with E-state index in [2.05, 4.69) is 28.1 Å². The molecule has 0 N–H and O–H groups in total. The molecule has 1 aliphatic rings. The molecular formula is C30H18F9NO2S. The standard InChI is InChI=1S/C30H18F9NO2S/c1-2-15-3-7-24(41-14-15)17-5-6-23-25(11-17)43-26(40-23)8-4-16-9-19(31)28(20(32)10-16)30(38,39)42-18-12-21(33)27(22(34)13-18)29(35,36)37/h2,5-6,9-13,15,24H,1,3,7,14H2. The maximum atomic E-state index is 14.7. The highest BCUT2D eigenvalue weighted by atomic mass is 32.1. The largest absolute Gasteiger partial charge is 0.432 e. The summed E-state index contributed by atoms with van der Waals surface area (Å²) in [4.78, 5) is 4.36. The monoisotopic (exact) mass is 627 g/mol. The van der Waals surface area contributed by atoms with Gasteiger partial charge in [-0.1, -0.05) is 18.1 Å². The summed E-state index contributed by atoms with van der Waals surface area (Å²) >= 11 is 1.21. The molecule has 224 valence electrons. The topological polar surface area (TPSA) is 31.4 Å². The van der Waals surface area contributed by atoms with E-state index in [9.17, 15) is 39.5 Å². The van der Waals surface area contributed by atoms with Crippen LogP contribution in [-0.2, 0) is 17.0 Å². The molecule has 3 nitrogen and oxygen atoms in total. The average Bonchev–Trinajstić information content (AvgIpc) is 3.32. The first-order chi connectivity index (χ1) is 20.2. The van der Waals surface area contributed by atoms with Crippen molar-refractivity contribution in [1.82, 2.24) is 4.98 Å². The normalized spacial score (nSPS) is 17.4. The fourth-order valence-corrected chi connectivity index (χ4v) is 5.41. The van der Waals surface area contributed by atoms with Gasteiger partial charge in [-0.05, 0) is 48.6 Å². The van der Waals surface area contributed by atoms with Gasteiger partial charge in [-0.2, -0.15) is 22.0 Å². The van der Waals surface area contributed by atoms with E-state index in [0.717, 1.165) is 23.1 Å². The van der Waals surface area contributed by atoms with Crippen LogP contribution in [-0.4, -0.2) is 11.6 Å². The SMILES string of the molecule is C=CC1CCC(c2ccc3nc(C#Cc4cc(F)c(C(F)(F)Oc5cc(F)c(C(F)(F)F)c(F)c5)c(F)c4)sc3c2)OC1. The summed E-state index contributed by atoms with van der Waals surface area (Å²) in [5.41, 5.74) is -3.03. The third kappa shape index (κ3) is 6.50. The van der Waals surface area contributed by atoms with Gasteiger partial charge in [0.1, 0.15) is 40.1 Å². The molecule has 3 aromatic carbocycles. The molecule has 1 aromatic heterocycles. The first kappa shape index (κ1) is 30.4. The van der Waals surface area contributed by atoms with Gasteiger partial charge in [-0.15, -0.1) is 17.9 Å². The highest BCUT2D eigenvalue weighted by Gasteiger charge is 2.43. The van der Waals surface area contributed by atoms with E-state index >= 15 is 0 Å². The van der Waals surface area contributed by atoms with E-state index in [-0.39, 0.29) is 28.8 Å². The Morgan fingerprint density at radius 1 is 0.884 bits per heavy atom. The van der Waals surface area contributed by atoms with Crippen molar-refractivity contribution < 1.29 is 49.0 Å². The van der Waals surface area contributed by atoms with Gasteiger partial charge in [0.05, 0.1) is 22.9 Å². The first-order valence-corrected chi connectivity index (χ1v) is 13.4.